The number of anilines is 3. The second-order valence-corrected chi connectivity index (χ2v) is 5.91. The second-order valence-electron chi connectivity index (χ2n) is 5.91. The lowest BCUT2D eigenvalue weighted by Crippen LogP contribution is -2.18. The lowest BCUT2D eigenvalue weighted by Gasteiger charge is -2.18. The largest absolute Gasteiger partial charge is 0.442 e. The highest BCUT2D eigenvalue weighted by atomic mass is 16.3. The summed E-state index contributed by atoms with van der Waals surface area (Å²) >= 11 is 0. The average molecular weight is 347 g/mol. The van der Waals surface area contributed by atoms with Crippen molar-refractivity contribution in [1.29, 1.82) is 0 Å². The predicted molar refractivity (Wildman–Crippen MR) is 93.9 cm³/mol. The second kappa shape index (κ2) is 5.66. The summed E-state index contributed by atoms with van der Waals surface area (Å²) in [5.41, 5.74) is 4.03. The highest BCUT2D eigenvalue weighted by molar-refractivity contribution is 5.95. The highest BCUT2D eigenvalue weighted by Gasteiger charge is 2.17. The van der Waals surface area contributed by atoms with Crippen LogP contribution in [0.5, 0.6) is 0 Å². The molecule has 5 rings (SSSR count). The lowest BCUT2D eigenvalue weighted by molar-refractivity contribution is -0.116. The van der Waals surface area contributed by atoms with Crippen molar-refractivity contribution in [2.45, 2.75) is 12.8 Å². The van der Waals surface area contributed by atoms with E-state index in [1.807, 2.05) is 18.2 Å². The molecular formula is C17H13N7O2. The third kappa shape index (κ3) is 2.46. The summed E-state index contributed by atoms with van der Waals surface area (Å²) in [7, 11) is 0. The topological polar surface area (TPSA) is 122 Å². The van der Waals surface area contributed by atoms with Crippen molar-refractivity contribution in [2.24, 2.45) is 0 Å². The molecule has 0 atom stereocenters. The van der Waals surface area contributed by atoms with Gasteiger partial charge in [0.1, 0.15) is 17.3 Å². The van der Waals surface area contributed by atoms with E-state index in [9.17, 15) is 4.79 Å². The van der Waals surface area contributed by atoms with Crippen LogP contribution >= 0.6 is 0 Å². The molecule has 3 aromatic heterocycles. The van der Waals surface area contributed by atoms with Crippen molar-refractivity contribution in [3.05, 3.63) is 42.4 Å². The number of aromatic amines is 1. The van der Waals surface area contributed by atoms with E-state index in [0.717, 1.165) is 23.4 Å². The monoisotopic (exact) mass is 347 g/mol. The highest BCUT2D eigenvalue weighted by Crippen LogP contribution is 2.29. The smallest absolute Gasteiger partial charge is 0.264 e. The Bertz CT molecular complexity index is 1120. The van der Waals surface area contributed by atoms with E-state index in [2.05, 4.69) is 35.8 Å². The number of aromatic nitrogens is 5. The molecular weight excluding hydrogens is 334 g/mol. The minimum atomic E-state index is 0.0267. The number of benzene rings is 1. The van der Waals surface area contributed by atoms with E-state index in [4.69, 9.17) is 4.42 Å². The van der Waals surface area contributed by atoms with Crippen molar-refractivity contribution in [3.8, 4) is 11.7 Å². The molecule has 0 saturated heterocycles. The van der Waals surface area contributed by atoms with Gasteiger partial charge in [0.05, 0.1) is 12.4 Å². The van der Waals surface area contributed by atoms with Gasteiger partial charge in [0.15, 0.2) is 5.82 Å². The maximum atomic E-state index is 11.6. The molecule has 9 nitrogen and oxygen atoms in total. The van der Waals surface area contributed by atoms with Gasteiger partial charge in [0.2, 0.25) is 11.7 Å². The molecule has 0 fully saturated rings. The van der Waals surface area contributed by atoms with Gasteiger partial charge in [-0.25, -0.2) is 15.0 Å². The molecule has 128 valence electrons. The van der Waals surface area contributed by atoms with Gasteiger partial charge in [0, 0.05) is 17.8 Å². The summed E-state index contributed by atoms with van der Waals surface area (Å²) in [6.07, 6.45) is 5.88. The third-order valence-electron chi connectivity index (χ3n) is 4.19. The van der Waals surface area contributed by atoms with Gasteiger partial charge in [0.25, 0.3) is 5.89 Å². The first-order valence-corrected chi connectivity index (χ1v) is 8.07. The molecule has 4 heterocycles. The average Bonchev–Trinajstić information content (AvgIpc) is 3.33. The van der Waals surface area contributed by atoms with Gasteiger partial charge in [-0.2, -0.15) is 5.10 Å². The number of nitrogens with zero attached hydrogens (tertiary/aromatic N) is 4. The van der Waals surface area contributed by atoms with Crippen LogP contribution in [0.4, 0.5) is 17.2 Å². The number of nitrogens with one attached hydrogen (secondary N) is 3. The molecule has 0 radical (unpaired) electrons. The fraction of sp³-hybridized carbons (Fsp3) is 0.118. The zero-order valence-electron chi connectivity index (χ0n) is 13.5. The molecule has 0 aliphatic carbocycles. The van der Waals surface area contributed by atoms with Crippen LogP contribution in [0, 0.1) is 0 Å². The molecule has 26 heavy (non-hydrogen) atoms. The third-order valence-corrected chi connectivity index (χ3v) is 4.19. The summed E-state index contributed by atoms with van der Waals surface area (Å²) in [6, 6.07) is 5.84. The fourth-order valence-electron chi connectivity index (χ4n) is 2.95. The summed E-state index contributed by atoms with van der Waals surface area (Å²) in [5.74, 6) is 1.26. The van der Waals surface area contributed by atoms with Crippen LogP contribution in [0.2, 0.25) is 0 Å². The molecule has 0 saturated carbocycles. The van der Waals surface area contributed by atoms with E-state index in [-0.39, 0.29) is 5.91 Å². The summed E-state index contributed by atoms with van der Waals surface area (Å²) in [5, 5.41) is 13.1. The van der Waals surface area contributed by atoms with Crippen LogP contribution in [-0.2, 0) is 11.2 Å². The number of hydrogen-bond donors (Lipinski definition) is 3. The van der Waals surface area contributed by atoms with E-state index >= 15 is 0 Å². The van der Waals surface area contributed by atoms with Crippen molar-refractivity contribution in [1.82, 2.24) is 25.1 Å². The fourth-order valence-corrected chi connectivity index (χ4v) is 2.95. The Labute approximate surface area is 146 Å². The first-order chi connectivity index (χ1) is 12.8. The van der Waals surface area contributed by atoms with Crippen LogP contribution in [0.25, 0.3) is 22.7 Å². The van der Waals surface area contributed by atoms with Crippen molar-refractivity contribution >= 4 is 34.1 Å². The SMILES string of the molecule is O=C1CCc2ccc(Nc3nc(-c4ncco4)nc4cn[nH]c34)cc2N1. The standard InChI is InChI=1S/C17H13N7O2/c25-13-4-2-9-1-3-10(7-11(9)21-13)20-15-14-12(8-19-24-14)22-16(23-15)17-18-5-6-26-17/h1,3,5-8H,2,4H2,(H,19,24)(H,21,25)(H,20,22,23). The van der Waals surface area contributed by atoms with E-state index < -0.39 is 0 Å². The number of hydrogen-bond acceptors (Lipinski definition) is 7. The number of rotatable bonds is 3. The quantitative estimate of drug-likeness (QED) is 0.521. The number of fused-ring (bicyclic) bond motifs is 2. The normalized spacial score (nSPS) is 13.5. The van der Waals surface area contributed by atoms with E-state index in [1.165, 1.54) is 12.5 Å². The molecule has 1 aliphatic heterocycles. The van der Waals surface area contributed by atoms with Crippen LogP contribution in [0.1, 0.15) is 12.0 Å². The number of carbonyl (C=O) groups is 1. The molecule has 0 bridgehead atoms. The van der Waals surface area contributed by atoms with Crippen molar-refractivity contribution < 1.29 is 9.21 Å². The van der Waals surface area contributed by atoms with E-state index in [0.29, 0.717) is 35.0 Å². The molecule has 1 aromatic carbocycles. The zero-order chi connectivity index (χ0) is 17.5. The first-order valence-electron chi connectivity index (χ1n) is 8.07. The van der Waals surface area contributed by atoms with Gasteiger partial charge in [-0.05, 0) is 24.1 Å². The number of amides is 1. The van der Waals surface area contributed by atoms with Gasteiger partial charge in [-0.15, -0.1) is 0 Å². The van der Waals surface area contributed by atoms with Crippen molar-refractivity contribution in [3.63, 3.8) is 0 Å². The summed E-state index contributed by atoms with van der Waals surface area (Å²) < 4.78 is 5.29. The number of carbonyl (C=O) groups excluding carboxylic acids is 1. The Morgan fingerprint density at radius 1 is 1.19 bits per heavy atom. The number of oxazole rings is 1. The Morgan fingerprint density at radius 3 is 3.04 bits per heavy atom. The Kier molecular flexibility index (Phi) is 3.17. The Hall–Kier alpha value is -3.75. The summed E-state index contributed by atoms with van der Waals surface area (Å²) in [6.45, 7) is 0. The number of H-pyrrole nitrogens is 1. The maximum absolute atomic E-state index is 11.6. The Balaban J connectivity index is 1.56. The lowest BCUT2D eigenvalue weighted by atomic mass is 10.0. The van der Waals surface area contributed by atoms with Gasteiger partial charge < -0.3 is 15.1 Å². The number of aryl methyl sites for hydroxylation is 1. The predicted octanol–water partition coefficient (Wildman–Crippen LogP) is 2.64. The van der Waals surface area contributed by atoms with Gasteiger partial charge in [-0.3, -0.25) is 9.89 Å². The minimum absolute atomic E-state index is 0.0267. The first kappa shape index (κ1) is 14.6. The zero-order valence-corrected chi connectivity index (χ0v) is 13.5. The molecule has 0 unspecified atom stereocenters. The van der Waals surface area contributed by atoms with Gasteiger partial charge >= 0.3 is 0 Å². The van der Waals surface area contributed by atoms with E-state index in [1.54, 1.807) is 6.20 Å². The summed E-state index contributed by atoms with van der Waals surface area (Å²) in [4.78, 5) is 24.6. The van der Waals surface area contributed by atoms with Crippen LogP contribution in [-0.4, -0.2) is 31.1 Å². The van der Waals surface area contributed by atoms with Crippen LogP contribution < -0.4 is 10.6 Å². The van der Waals surface area contributed by atoms with Crippen molar-refractivity contribution in [2.75, 3.05) is 10.6 Å². The molecule has 1 aliphatic rings. The van der Waals surface area contributed by atoms with Crippen LogP contribution in [0.3, 0.4) is 0 Å². The van der Waals surface area contributed by atoms with Crippen LogP contribution in [0.15, 0.2) is 41.3 Å². The van der Waals surface area contributed by atoms with Gasteiger partial charge in [-0.1, -0.05) is 6.07 Å². The molecule has 9 heteroatoms. The maximum Gasteiger partial charge on any atom is 0.264 e. The Morgan fingerprint density at radius 2 is 2.15 bits per heavy atom. The molecule has 1 amide bonds. The molecule has 4 aromatic rings. The minimum Gasteiger partial charge on any atom is -0.442 e. The molecule has 3 N–H and O–H groups in total. The molecule has 0 spiro atoms.